The van der Waals surface area contributed by atoms with Gasteiger partial charge in [-0.25, -0.2) is 0 Å². The number of benzene rings is 2. The fourth-order valence-corrected chi connectivity index (χ4v) is 2.78. The SMILES string of the molecule is Cc1ccc2c(c1)c(N=NC(=O)c1ccc(O)cc1)c(O)n2C(C)C. The van der Waals surface area contributed by atoms with E-state index >= 15 is 0 Å². The third-order valence-electron chi connectivity index (χ3n) is 3.98. The molecular weight excluding hydrogens is 318 g/mol. The summed E-state index contributed by atoms with van der Waals surface area (Å²) in [5, 5.41) is 28.3. The number of fused-ring (bicyclic) bond motifs is 1. The summed E-state index contributed by atoms with van der Waals surface area (Å²) in [6.45, 7) is 5.87. The van der Waals surface area contributed by atoms with Crippen LogP contribution in [0.25, 0.3) is 10.9 Å². The largest absolute Gasteiger partial charge is 0.508 e. The van der Waals surface area contributed by atoms with Crippen LogP contribution in [0.15, 0.2) is 52.7 Å². The summed E-state index contributed by atoms with van der Waals surface area (Å²) in [5.41, 5.74) is 2.45. The Morgan fingerprint density at radius 2 is 1.76 bits per heavy atom. The maximum absolute atomic E-state index is 12.2. The molecule has 2 aromatic carbocycles. The predicted octanol–water partition coefficient (Wildman–Crippen LogP) is 4.87. The lowest BCUT2D eigenvalue weighted by atomic mass is 10.1. The number of azo groups is 1. The standard InChI is InChI=1S/C19H19N3O3/c1-11(2)22-16-9-4-12(3)10-15(16)17(19(22)25)20-21-18(24)13-5-7-14(23)8-6-13/h4-11,23,25H,1-3H3. The van der Waals surface area contributed by atoms with Crippen molar-refractivity contribution in [1.82, 2.24) is 4.57 Å². The minimum Gasteiger partial charge on any atom is -0.508 e. The number of hydrogen-bond acceptors (Lipinski definition) is 4. The van der Waals surface area contributed by atoms with E-state index in [0.29, 0.717) is 5.56 Å². The zero-order chi connectivity index (χ0) is 18.1. The maximum atomic E-state index is 12.2. The van der Waals surface area contributed by atoms with Gasteiger partial charge in [0.1, 0.15) is 5.75 Å². The van der Waals surface area contributed by atoms with Gasteiger partial charge in [-0.15, -0.1) is 10.2 Å². The molecule has 2 N–H and O–H groups in total. The van der Waals surface area contributed by atoms with Crippen LogP contribution in [0.1, 0.15) is 35.8 Å². The van der Waals surface area contributed by atoms with E-state index < -0.39 is 5.91 Å². The molecule has 3 rings (SSSR count). The highest BCUT2D eigenvalue weighted by Crippen LogP contribution is 2.41. The van der Waals surface area contributed by atoms with Crippen molar-refractivity contribution in [2.75, 3.05) is 0 Å². The Morgan fingerprint density at radius 3 is 2.40 bits per heavy atom. The normalized spacial score (nSPS) is 11.7. The van der Waals surface area contributed by atoms with Gasteiger partial charge in [0, 0.05) is 17.0 Å². The van der Waals surface area contributed by atoms with E-state index in [1.54, 1.807) is 4.57 Å². The number of phenolic OH excluding ortho intramolecular Hbond substituents is 1. The molecule has 0 bridgehead atoms. The van der Waals surface area contributed by atoms with E-state index in [0.717, 1.165) is 16.5 Å². The van der Waals surface area contributed by atoms with Crippen LogP contribution in [0.2, 0.25) is 0 Å². The van der Waals surface area contributed by atoms with Crippen LogP contribution in [0.3, 0.4) is 0 Å². The highest BCUT2D eigenvalue weighted by atomic mass is 16.3. The van der Waals surface area contributed by atoms with Gasteiger partial charge in [0.2, 0.25) is 5.88 Å². The molecule has 0 fully saturated rings. The van der Waals surface area contributed by atoms with Crippen molar-refractivity contribution in [3.05, 3.63) is 53.6 Å². The van der Waals surface area contributed by atoms with Gasteiger partial charge in [0.15, 0.2) is 5.69 Å². The van der Waals surface area contributed by atoms with E-state index in [2.05, 4.69) is 10.2 Å². The van der Waals surface area contributed by atoms with Crippen molar-refractivity contribution in [2.24, 2.45) is 10.2 Å². The van der Waals surface area contributed by atoms with Gasteiger partial charge in [0.05, 0.1) is 5.52 Å². The van der Waals surface area contributed by atoms with Gasteiger partial charge in [-0.3, -0.25) is 4.79 Å². The molecule has 0 saturated heterocycles. The van der Waals surface area contributed by atoms with E-state index in [1.165, 1.54) is 24.3 Å². The van der Waals surface area contributed by atoms with E-state index in [1.807, 2.05) is 39.0 Å². The smallest absolute Gasteiger partial charge is 0.295 e. The van der Waals surface area contributed by atoms with Gasteiger partial charge in [0.25, 0.3) is 5.91 Å². The second kappa shape index (κ2) is 6.39. The van der Waals surface area contributed by atoms with Crippen molar-refractivity contribution in [1.29, 1.82) is 0 Å². The Balaban J connectivity index is 2.06. The summed E-state index contributed by atoms with van der Waals surface area (Å²) in [5.74, 6) is -0.489. The fraction of sp³-hybridized carbons (Fsp3) is 0.211. The maximum Gasteiger partial charge on any atom is 0.295 e. The first-order chi connectivity index (χ1) is 11.9. The molecule has 0 radical (unpaired) electrons. The van der Waals surface area contributed by atoms with Crippen LogP contribution in [0.5, 0.6) is 11.6 Å². The van der Waals surface area contributed by atoms with E-state index in [-0.39, 0.29) is 23.4 Å². The molecule has 0 aliphatic heterocycles. The highest BCUT2D eigenvalue weighted by Gasteiger charge is 2.19. The summed E-state index contributed by atoms with van der Waals surface area (Å²) in [6.07, 6.45) is 0. The monoisotopic (exact) mass is 337 g/mol. The predicted molar refractivity (Wildman–Crippen MR) is 95.7 cm³/mol. The van der Waals surface area contributed by atoms with E-state index in [4.69, 9.17) is 0 Å². The number of carbonyl (C=O) groups excluding carboxylic acids is 1. The minimum absolute atomic E-state index is 0.0159. The van der Waals surface area contributed by atoms with Gasteiger partial charge < -0.3 is 14.8 Å². The molecule has 0 aliphatic carbocycles. The van der Waals surface area contributed by atoms with Crippen molar-refractivity contribution in [3.8, 4) is 11.6 Å². The van der Waals surface area contributed by atoms with Crippen LogP contribution in [0.4, 0.5) is 5.69 Å². The summed E-state index contributed by atoms with van der Waals surface area (Å²) < 4.78 is 1.76. The molecule has 1 amide bonds. The molecule has 0 spiro atoms. The third kappa shape index (κ3) is 3.10. The first kappa shape index (κ1) is 16.7. The lowest BCUT2D eigenvalue weighted by molar-refractivity contribution is 0.0995. The summed E-state index contributed by atoms with van der Waals surface area (Å²) in [4.78, 5) is 12.2. The van der Waals surface area contributed by atoms with Crippen molar-refractivity contribution in [3.63, 3.8) is 0 Å². The number of hydrogen-bond donors (Lipinski definition) is 2. The lowest BCUT2D eigenvalue weighted by Gasteiger charge is -2.10. The van der Waals surface area contributed by atoms with Crippen LogP contribution in [0, 0.1) is 6.92 Å². The summed E-state index contributed by atoms with van der Waals surface area (Å²) >= 11 is 0. The van der Waals surface area contributed by atoms with Crippen molar-refractivity contribution in [2.45, 2.75) is 26.8 Å². The van der Waals surface area contributed by atoms with Gasteiger partial charge in [-0.05, 0) is 57.2 Å². The molecular formula is C19H19N3O3. The van der Waals surface area contributed by atoms with Gasteiger partial charge in [-0.1, -0.05) is 11.6 Å². The Morgan fingerprint density at radius 1 is 1.08 bits per heavy atom. The average molecular weight is 337 g/mol. The number of nitrogens with zero attached hydrogens (tertiary/aromatic N) is 3. The average Bonchev–Trinajstić information content (AvgIpc) is 2.84. The Bertz CT molecular complexity index is 970. The molecule has 0 unspecified atom stereocenters. The number of aromatic hydroxyl groups is 2. The number of aromatic nitrogens is 1. The quantitative estimate of drug-likeness (QED) is 0.669. The van der Waals surface area contributed by atoms with Crippen molar-refractivity contribution < 1.29 is 15.0 Å². The second-order valence-electron chi connectivity index (χ2n) is 6.21. The van der Waals surface area contributed by atoms with Crippen LogP contribution < -0.4 is 0 Å². The lowest BCUT2D eigenvalue weighted by Crippen LogP contribution is -1.99. The first-order valence-corrected chi connectivity index (χ1v) is 7.97. The summed E-state index contributed by atoms with van der Waals surface area (Å²) in [7, 11) is 0. The van der Waals surface area contributed by atoms with Crippen LogP contribution in [-0.2, 0) is 0 Å². The molecule has 0 atom stereocenters. The molecule has 0 saturated carbocycles. The molecule has 3 aromatic rings. The third-order valence-corrected chi connectivity index (χ3v) is 3.98. The topological polar surface area (TPSA) is 87.2 Å². The highest BCUT2D eigenvalue weighted by molar-refractivity contribution is 5.97. The Kier molecular flexibility index (Phi) is 4.27. The molecule has 0 aliphatic rings. The minimum atomic E-state index is -0.544. The second-order valence-corrected chi connectivity index (χ2v) is 6.21. The van der Waals surface area contributed by atoms with Crippen LogP contribution in [-0.4, -0.2) is 20.7 Å². The molecule has 25 heavy (non-hydrogen) atoms. The Hall–Kier alpha value is -3.15. The molecule has 6 heteroatoms. The van der Waals surface area contributed by atoms with Crippen molar-refractivity contribution >= 4 is 22.5 Å². The molecule has 128 valence electrons. The first-order valence-electron chi connectivity index (χ1n) is 7.97. The number of rotatable bonds is 3. The number of aryl methyl sites for hydroxylation is 1. The number of phenols is 1. The fourth-order valence-electron chi connectivity index (χ4n) is 2.78. The Labute approximate surface area is 145 Å². The summed E-state index contributed by atoms with van der Waals surface area (Å²) in [6, 6.07) is 11.6. The molecule has 6 nitrogen and oxygen atoms in total. The zero-order valence-corrected chi connectivity index (χ0v) is 14.3. The van der Waals surface area contributed by atoms with Gasteiger partial charge >= 0.3 is 0 Å². The zero-order valence-electron chi connectivity index (χ0n) is 14.3. The van der Waals surface area contributed by atoms with E-state index in [9.17, 15) is 15.0 Å². The molecule has 1 heterocycles. The van der Waals surface area contributed by atoms with Crippen LogP contribution >= 0.6 is 0 Å². The van der Waals surface area contributed by atoms with Gasteiger partial charge in [-0.2, -0.15) is 0 Å². The molecule has 1 aromatic heterocycles. The number of carbonyl (C=O) groups is 1. The number of amides is 1.